The first-order valence-corrected chi connectivity index (χ1v) is 10.7. The van der Waals surface area contributed by atoms with Crippen molar-refractivity contribution < 1.29 is 14.3 Å². The topological polar surface area (TPSA) is 85.7 Å². The van der Waals surface area contributed by atoms with Crippen molar-refractivity contribution in [2.45, 2.75) is 13.0 Å². The molecule has 7 nitrogen and oxygen atoms in total. The maximum atomic E-state index is 13.1. The van der Waals surface area contributed by atoms with Gasteiger partial charge >= 0.3 is 6.03 Å². The van der Waals surface area contributed by atoms with Crippen LogP contribution >= 0.6 is 0 Å². The first-order chi connectivity index (χ1) is 16.1. The predicted molar refractivity (Wildman–Crippen MR) is 126 cm³/mol. The monoisotopic (exact) mass is 440 g/mol. The van der Waals surface area contributed by atoms with Crippen LogP contribution in [0.25, 0.3) is 0 Å². The van der Waals surface area contributed by atoms with Crippen LogP contribution in [0.2, 0.25) is 0 Å². The van der Waals surface area contributed by atoms with Gasteiger partial charge in [0, 0.05) is 36.6 Å². The fourth-order valence-corrected chi connectivity index (χ4v) is 3.80. The van der Waals surface area contributed by atoms with Gasteiger partial charge in [-0.1, -0.05) is 12.1 Å². The van der Waals surface area contributed by atoms with E-state index in [9.17, 15) is 9.59 Å². The summed E-state index contributed by atoms with van der Waals surface area (Å²) in [4.78, 5) is 29.1. The van der Waals surface area contributed by atoms with Gasteiger partial charge in [0.1, 0.15) is 5.75 Å². The largest absolute Gasteiger partial charge is 0.497 e. The van der Waals surface area contributed by atoms with Crippen LogP contribution in [0.4, 0.5) is 16.2 Å². The van der Waals surface area contributed by atoms with E-state index in [0.29, 0.717) is 42.2 Å². The maximum Gasteiger partial charge on any atom is 0.324 e. The summed E-state index contributed by atoms with van der Waals surface area (Å²) in [6.07, 6.45) is 0.847. The Morgan fingerprint density at radius 2 is 1.82 bits per heavy atom. The smallest absolute Gasteiger partial charge is 0.324 e. The van der Waals surface area contributed by atoms with Crippen molar-refractivity contribution in [2.24, 2.45) is 0 Å². The van der Waals surface area contributed by atoms with E-state index in [2.05, 4.69) is 11.4 Å². The van der Waals surface area contributed by atoms with Crippen LogP contribution < -0.4 is 15.0 Å². The summed E-state index contributed by atoms with van der Waals surface area (Å²) in [7, 11) is 1.58. The minimum atomic E-state index is -0.217. The third-order valence-corrected chi connectivity index (χ3v) is 5.53. The number of benzene rings is 3. The minimum Gasteiger partial charge on any atom is -0.497 e. The Morgan fingerprint density at radius 3 is 2.52 bits per heavy atom. The molecule has 0 aliphatic carbocycles. The normalized spacial score (nSPS) is 13.4. The molecule has 3 amide bonds. The first kappa shape index (κ1) is 21.9. The maximum absolute atomic E-state index is 13.1. The van der Waals surface area contributed by atoms with Crippen LogP contribution in [0.15, 0.2) is 72.8 Å². The van der Waals surface area contributed by atoms with Gasteiger partial charge in [-0.15, -0.1) is 0 Å². The number of carbonyl (C=O) groups excluding carboxylic acids is 2. The highest BCUT2D eigenvalue weighted by atomic mass is 16.5. The highest BCUT2D eigenvalue weighted by molar-refractivity contribution is 6.04. The molecular weight excluding hydrogens is 416 g/mol. The SMILES string of the molecule is COc1ccc(C(=O)Nc2ccc(N3CCCN(Cc4cccc(C#N)c4)C3=O)cc2)cc1. The fourth-order valence-electron chi connectivity index (χ4n) is 3.80. The molecule has 1 N–H and O–H groups in total. The molecule has 0 spiro atoms. The Labute approximate surface area is 192 Å². The minimum absolute atomic E-state index is 0.0707. The third-order valence-electron chi connectivity index (χ3n) is 5.53. The summed E-state index contributed by atoms with van der Waals surface area (Å²) >= 11 is 0. The van der Waals surface area contributed by atoms with Crippen molar-refractivity contribution in [1.29, 1.82) is 5.26 Å². The van der Waals surface area contributed by atoms with Crippen molar-refractivity contribution in [3.63, 3.8) is 0 Å². The van der Waals surface area contributed by atoms with E-state index < -0.39 is 0 Å². The third kappa shape index (κ3) is 5.13. The summed E-state index contributed by atoms with van der Waals surface area (Å²) in [6, 6.07) is 23.5. The van der Waals surface area contributed by atoms with Gasteiger partial charge in [0.25, 0.3) is 5.91 Å². The molecule has 0 radical (unpaired) electrons. The average molecular weight is 441 g/mol. The summed E-state index contributed by atoms with van der Waals surface area (Å²) in [5.74, 6) is 0.471. The Bertz CT molecular complexity index is 1180. The molecule has 1 saturated heterocycles. The van der Waals surface area contributed by atoms with Crippen molar-refractivity contribution in [1.82, 2.24) is 4.90 Å². The summed E-state index contributed by atoms with van der Waals surface area (Å²) < 4.78 is 5.12. The van der Waals surface area contributed by atoms with E-state index in [4.69, 9.17) is 10.00 Å². The number of hydrogen-bond donors (Lipinski definition) is 1. The number of rotatable bonds is 6. The van der Waals surface area contributed by atoms with E-state index in [1.807, 2.05) is 30.3 Å². The molecule has 166 valence electrons. The summed E-state index contributed by atoms with van der Waals surface area (Å²) in [6.45, 7) is 1.76. The highest BCUT2D eigenvalue weighted by Crippen LogP contribution is 2.24. The van der Waals surface area contributed by atoms with Crippen LogP contribution in [-0.2, 0) is 6.54 Å². The van der Waals surface area contributed by atoms with Crippen molar-refractivity contribution in [3.05, 3.63) is 89.5 Å². The first-order valence-electron chi connectivity index (χ1n) is 10.7. The number of methoxy groups -OCH3 is 1. The molecule has 3 aromatic rings. The van der Waals surface area contributed by atoms with Crippen LogP contribution in [0.5, 0.6) is 5.75 Å². The molecule has 0 saturated carbocycles. The molecule has 4 rings (SSSR count). The van der Waals surface area contributed by atoms with Crippen LogP contribution in [0.1, 0.15) is 27.9 Å². The van der Waals surface area contributed by atoms with Gasteiger partial charge in [0.15, 0.2) is 0 Å². The molecule has 33 heavy (non-hydrogen) atoms. The second kappa shape index (κ2) is 9.88. The molecule has 1 aliphatic rings. The number of nitrogens with one attached hydrogen (secondary N) is 1. The molecule has 0 aromatic heterocycles. The van der Waals surface area contributed by atoms with Gasteiger partial charge in [-0.25, -0.2) is 4.79 Å². The zero-order valence-electron chi connectivity index (χ0n) is 18.3. The van der Waals surface area contributed by atoms with Crippen molar-refractivity contribution in [3.8, 4) is 11.8 Å². The number of nitriles is 1. The predicted octanol–water partition coefficient (Wildman–Crippen LogP) is 4.65. The Hall–Kier alpha value is -4.31. The van der Waals surface area contributed by atoms with Gasteiger partial charge in [0.05, 0.1) is 18.7 Å². The van der Waals surface area contributed by atoms with Gasteiger partial charge < -0.3 is 15.0 Å². The molecule has 1 heterocycles. The Morgan fingerprint density at radius 1 is 1.06 bits per heavy atom. The van der Waals surface area contributed by atoms with Gasteiger partial charge in [0.2, 0.25) is 0 Å². The number of urea groups is 1. The number of ether oxygens (including phenoxy) is 1. The summed E-state index contributed by atoms with van der Waals surface area (Å²) in [5, 5.41) is 12.0. The Balaban J connectivity index is 1.41. The van der Waals surface area contributed by atoms with E-state index in [1.54, 1.807) is 59.4 Å². The van der Waals surface area contributed by atoms with E-state index in [1.165, 1.54) is 0 Å². The average Bonchev–Trinajstić information content (AvgIpc) is 2.86. The molecule has 0 bridgehead atoms. The Kier molecular flexibility index (Phi) is 6.56. The van der Waals surface area contributed by atoms with Crippen molar-refractivity contribution >= 4 is 23.3 Å². The molecule has 3 aromatic carbocycles. The van der Waals surface area contributed by atoms with Gasteiger partial charge in [-0.3, -0.25) is 9.69 Å². The number of amides is 3. The quantitative estimate of drug-likeness (QED) is 0.605. The van der Waals surface area contributed by atoms with Crippen molar-refractivity contribution in [2.75, 3.05) is 30.4 Å². The lowest BCUT2D eigenvalue weighted by Gasteiger charge is -2.35. The van der Waals surface area contributed by atoms with E-state index in [0.717, 1.165) is 17.7 Å². The van der Waals surface area contributed by atoms with Crippen LogP contribution in [-0.4, -0.2) is 37.0 Å². The molecule has 7 heteroatoms. The second-order valence-corrected chi connectivity index (χ2v) is 7.75. The number of nitrogens with zero attached hydrogens (tertiary/aromatic N) is 3. The van der Waals surface area contributed by atoms with E-state index in [-0.39, 0.29) is 11.9 Å². The van der Waals surface area contributed by atoms with E-state index >= 15 is 0 Å². The molecule has 0 unspecified atom stereocenters. The zero-order chi connectivity index (χ0) is 23.2. The number of hydrogen-bond acceptors (Lipinski definition) is 4. The zero-order valence-corrected chi connectivity index (χ0v) is 18.3. The fraction of sp³-hybridized carbons (Fsp3) is 0.192. The second-order valence-electron chi connectivity index (χ2n) is 7.75. The highest BCUT2D eigenvalue weighted by Gasteiger charge is 2.26. The number of carbonyl (C=O) groups is 2. The lowest BCUT2D eigenvalue weighted by Crippen LogP contribution is -2.49. The molecule has 1 fully saturated rings. The van der Waals surface area contributed by atoms with Gasteiger partial charge in [-0.05, 0) is 72.6 Å². The standard InChI is InChI=1S/C26H24N4O3/c1-33-24-12-6-21(7-13-24)25(31)28-22-8-10-23(11-9-22)30-15-3-14-29(26(30)32)18-20-5-2-4-19(16-20)17-27/h2,4-13,16H,3,14-15,18H2,1H3,(H,28,31). The number of anilines is 2. The molecular formula is C26H24N4O3. The lowest BCUT2D eigenvalue weighted by atomic mass is 10.1. The summed E-state index contributed by atoms with van der Waals surface area (Å²) in [5.41, 5.74) is 3.47. The molecule has 0 atom stereocenters. The van der Waals surface area contributed by atoms with Gasteiger partial charge in [-0.2, -0.15) is 5.26 Å². The molecule has 1 aliphatic heterocycles. The lowest BCUT2D eigenvalue weighted by molar-refractivity contribution is 0.102. The van der Waals surface area contributed by atoms with Crippen LogP contribution in [0.3, 0.4) is 0 Å². The van der Waals surface area contributed by atoms with Crippen LogP contribution in [0, 0.1) is 11.3 Å².